The second-order valence-corrected chi connectivity index (χ2v) is 3.31. The first-order chi connectivity index (χ1) is 6.15. The summed E-state index contributed by atoms with van der Waals surface area (Å²) >= 11 is 0. The van der Waals surface area contributed by atoms with E-state index in [-0.39, 0.29) is 0 Å². The van der Waals surface area contributed by atoms with Crippen LogP contribution in [0.15, 0.2) is 29.3 Å². The second-order valence-electron chi connectivity index (χ2n) is 3.31. The second kappa shape index (κ2) is 4.08. The molecule has 0 amide bonds. The van der Waals surface area contributed by atoms with Gasteiger partial charge in [0, 0.05) is 26.7 Å². The van der Waals surface area contributed by atoms with Crippen LogP contribution in [-0.2, 0) is 0 Å². The summed E-state index contributed by atoms with van der Waals surface area (Å²) in [4.78, 5) is 6.25. The highest BCUT2D eigenvalue weighted by Crippen LogP contribution is 2.05. The molecule has 0 aliphatic carbocycles. The Balaban J connectivity index is 3.00. The van der Waals surface area contributed by atoms with Crippen LogP contribution in [0.4, 0.5) is 0 Å². The summed E-state index contributed by atoms with van der Waals surface area (Å²) in [6.07, 6.45) is 0. The van der Waals surface area contributed by atoms with Crippen LogP contribution in [-0.4, -0.2) is 31.9 Å². The topological polar surface area (TPSA) is 15.6 Å². The van der Waals surface area contributed by atoms with Gasteiger partial charge < -0.3 is 4.90 Å². The Morgan fingerprint density at radius 2 is 1.69 bits per heavy atom. The first-order valence-corrected chi connectivity index (χ1v) is 4.36. The molecule has 2 heteroatoms. The molecule has 0 saturated carbocycles. The lowest BCUT2D eigenvalue weighted by Gasteiger charge is -2.15. The van der Waals surface area contributed by atoms with Crippen molar-refractivity contribution in [3.05, 3.63) is 35.4 Å². The average molecular weight is 176 g/mol. The third-order valence-corrected chi connectivity index (χ3v) is 1.95. The van der Waals surface area contributed by atoms with Crippen molar-refractivity contribution in [2.45, 2.75) is 6.92 Å². The molecular formula is C11H16N2. The van der Waals surface area contributed by atoms with Gasteiger partial charge in [0.1, 0.15) is 5.84 Å². The van der Waals surface area contributed by atoms with E-state index < -0.39 is 0 Å². The van der Waals surface area contributed by atoms with E-state index in [4.69, 9.17) is 0 Å². The lowest BCUT2D eigenvalue weighted by Crippen LogP contribution is -2.22. The molecule has 1 aromatic rings. The standard InChI is InChI=1S/C11H16N2/c1-9-5-7-10(8-6-9)11(12-2)13(3)4/h5-8H,1-4H3. The summed E-state index contributed by atoms with van der Waals surface area (Å²) in [6, 6.07) is 8.39. The average Bonchev–Trinajstić information content (AvgIpc) is 2.09. The highest BCUT2D eigenvalue weighted by Gasteiger charge is 2.02. The van der Waals surface area contributed by atoms with Gasteiger partial charge in [0.05, 0.1) is 0 Å². The van der Waals surface area contributed by atoms with E-state index in [0.717, 1.165) is 11.4 Å². The highest BCUT2D eigenvalue weighted by atomic mass is 15.1. The fourth-order valence-corrected chi connectivity index (χ4v) is 1.29. The molecule has 0 saturated heterocycles. The van der Waals surface area contributed by atoms with Gasteiger partial charge in [-0.05, 0) is 6.92 Å². The Kier molecular flexibility index (Phi) is 3.07. The van der Waals surface area contributed by atoms with Gasteiger partial charge in [-0.2, -0.15) is 0 Å². The molecule has 70 valence electrons. The van der Waals surface area contributed by atoms with Crippen molar-refractivity contribution in [2.75, 3.05) is 21.1 Å². The summed E-state index contributed by atoms with van der Waals surface area (Å²) in [7, 11) is 5.82. The Labute approximate surface area is 79.9 Å². The minimum atomic E-state index is 1.01. The quantitative estimate of drug-likeness (QED) is 0.471. The van der Waals surface area contributed by atoms with Crippen molar-refractivity contribution < 1.29 is 0 Å². The molecule has 0 N–H and O–H groups in total. The minimum Gasteiger partial charge on any atom is -0.363 e. The highest BCUT2D eigenvalue weighted by molar-refractivity contribution is 5.98. The van der Waals surface area contributed by atoms with Gasteiger partial charge in [0.25, 0.3) is 0 Å². The molecule has 0 aromatic heterocycles. The van der Waals surface area contributed by atoms with Gasteiger partial charge in [-0.25, -0.2) is 0 Å². The van der Waals surface area contributed by atoms with Crippen LogP contribution in [0, 0.1) is 6.92 Å². The predicted molar refractivity (Wildman–Crippen MR) is 57.3 cm³/mol. The molecule has 0 unspecified atom stereocenters. The maximum absolute atomic E-state index is 4.23. The molecule has 13 heavy (non-hydrogen) atoms. The van der Waals surface area contributed by atoms with Crippen LogP contribution in [0.2, 0.25) is 0 Å². The zero-order valence-electron chi connectivity index (χ0n) is 8.70. The Morgan fingerprint density at radius 1 is 1.15 bits per heavy atom. The maximum Gasteiger partial charge on any atom is 0.130 e. The molecular weight excluding hydrogens is 160 g/mol. The van der Waals surface area contributed by atoms with Crippen LogP contribution in [0.3, 0.4) is 0 Å². The molecule has 2 nitrogen and oxygen atoms in total. The van der Waals surface area contributed by atoms with Crippen molar-refractivity contribution in [1.29, 1.82) is 0 Å². The predicted octanol–water partition coefficient (Wildman–Crippen LogP) is 1.93. The van der Waals surface area contributed by atoms with Gasteiger partial charge in [-0.3, -0.25) is 4.99 Å². The molecule has 0 aliphatic rings. The summed E-state index contributed by atoms with van der Waals surface area (Å²) in [5, 5.41) is 0. The van der Waals surface area contributed by atoms with E-state index in [2.05, 4.69) is 36.2 Å². The fraction of sp³-hybridized carbons (Fsp3) is 0.364. The minimum absolute atomic E-state index is 1.01. The first kappa shape index (κ1) is 9.78. The molecule has 0 radical (unpaired) electrons. The van der Waals surface area contributed by atoms with Crippen molar-refractivity contribution in [1.82, 2.24) is 4.90 Å². The van der Waals surface area contributed by atoms with Crippen molar-refractivity contribution in [2.24, 2.45) is 4.99 Å². The van der Waals surface area contributed by atoms with Crippen molar-refractivity contribution in [3.63, 3.8) is 0 Å². The number of benzene rings is 1. The summed E-state index contributed by atoms with van der Waals surface area (Å²) < 4.78 is 0. The molecule has 0 heterocycles. The van der Waals surface area contributed by atoms with Crippen LogP contribution in [0.1, 0.15) is 11.1 Å². The zero-order chi connectivity index (χ0) is 9.84. The molecule has 0 fully saturated rings. The van der Waals surface area contributed by atoms with Crippen LogP contribution in [0.5, 0.6) is 0 Å². The largest absolute Gasteiger partial charge is 0.363 e. The molecule has 1 aromatic carbocycles. The number of rotatable bonds is 1. The summed E-state index contributed by atoms with van der Waals surface area (Å²) in [6.45, 7) is 2.09. The molecule has 0 atom stereocenters. The summed E-state index contributed by atoms with van der Waals surface area (Å²) in [5.74, 6) is 1.01. The Morgan fingerprint density at radius 3 is 2.08 bits per heavy atom. The zero-order valence-corrected chi connectivity index (χ0v) is 8.70. The maximum atomic E-state index is 4.23. The number of nitrogens with zero attached hydrogens (tertiary/aromatic N) is 2. The monoisotopic (exact) mass is 176 g/mol. The van der Waals surface area contributed by atoms with Gasteiger partial charge in [-0.15, -0.1) is 0 Å². The summed E-state index contributed by atoms with van der Waals surface area (Å²) in [5.41, 5.74) is 2.44. The van der Waals surface area contributed by atoms with Crippen LogP contribution < -0.4 is 0 Å². The van der Waals surface area contributed by atoms with Gasteiger partial charge in [0.2, 0.25) is 0 Å². The lowest BCUT2D eigenvalue weighted by atomic mass is 10.1. The molecule has 1 rings (SSSR count). The van der Waals surface area contributed by atoms with Crippen LogP contribution in [0.25, 0.3) is 0 Å². The van der Waals surface area contributed by atoms with Crippen LogP contribution >= 0.6 is 0 Å². The van der Waals surface area contributed by atoms with E-state index >= 15 is 0 Å². The number of aryl methyl sites for hydroxylation is 1. The molecule has 0 bridgehead atoms. The smallest absolute Gasteiger partial charge is 0.130 e. The third-order valence-electron chi connectivity index (χ3n) is 1.95. The number of aliphatic imine (C=N–C) groups is 1. The number of hydrogen-bond donors (Lipinski definition) is 0. The molecule has 0 aliphatic heterocycles. The fourth-order valence-electron chi connectivity index (χ4n) is 1.29. The van der Waals surface area contributed by atoms with Gasteiger partial charge in [-0.1, -0.05) is 29.8 Å². The van der Waals surface area contributed by atoms with Crippen molar-refractivity contribution in [3.8, 4) is 0 Å². The normalized spacial score (nSPS) is 11.5. The van der Waals surface area contributed by atoms with E-state index in [9.17, 15) is 0 Å². The van der Waals surface area contributed by atoms with E-state index in [1.165, 1.54) is 5.56 Å². The van der Waals surface area contributed by atoms with E-state index in [1.807, 2.05) is 26.0 Å². The van der Waals surface area contributed by atoms with Gasteiger partial charge in [0.15, 0.2) is 0 Å². The van der Waals surface area contributed by atoms with Crippen molar-refractivity contribution >= 4 is 5.84 Å². The van der Waals surface area contributed by atoms with E-state index in [0.29, 0.717) is 0 Å². The van der Waals surface area contributed by atoms with Gasteiger partial charge >= 0.3 is 0 Å². The first-order valence-electron chi connectivity index (χ1n) is 4.36. The Bertz CT molecular complexity index is 296. The molecule has 0 spiro atoms. The SMILES string of the molecule is CN=C(c1ccc(C)cc1)N(C)C. The number of amidine groups is 1. The van der Waals surface area contributed by atoms with E-state index in [1.54, 1.807) is 0 Å². The Hall–Kier alpha value is -1.31. The number of hydrogen-bond acceptors (Lipinski definition) is 1. The lowest BCUT2D eigenvalue weighted by molar-refractivity contribution is 0.622. The third kappa shape index (κ3) is 2.31.